The Bertz CT molecular complexity index is 546. The van der Waals surface area contributed by atoms with Crippen LogP contribution in [0.3, 0.4) is 0 Å². The molecule has 1 aliphatic rings. The maximum absolute atomic E-state index is 12.6. The molecule has 1 aromatic carbocycles. The fourth-order valence-corrected chi connectivity index (χ4v) is 3.82. The van der Waals surface area contributed by atoms with Crippen molar-refractivity contribution in [1.29, 1.82) is 0 Å². The first kappa shape index (κ1) is 16.9. The van der Waals surface area contributed by atoms with E-state index < -0.39 is 11.9 Å². The normalized spacial score (nSPS) is 18.6. The zero-order valence-electron chi connectivity index (χ0n) is 13.1. The van der Waals surface area contributed by atoms with E-state index in [1.165, 1.54) is 0 Å². The first-order chi connectivity index (χ1) is 10.5. The molecule has 0 spiro atoms. The van der Waals surface area contributed by atoms with Gasteiger partial charge in [0, 0.05) is 13.1 Å². The zero-order chi connectivity index (χ0) is 16.1. The van der Waals surface area contributed by atoms with Crippen LogP contribution in [0.1, 0.15) is 43.7 Å². The minimum Gasteiger partial charge on any atom is -0.481 e. The summed E-state index contributed by atoms with van der Waals surface area (Å²) in [7, 11) is 0. The SMILES string of the molecule is CCCCSC(C)C(=O)N1Cc2ccccc2C(C(=O)O)C1. The third-order valence-corrected chi connectivity index (χ3v) is 5.24. The summed E-state index contributed by atoms with van der Waals surface area (Å²) in [6.45, 7) is 4.83. The molecular weight excluding hydrogens is 298 g/mol. The number of carboxylic acids is 1. The molecule has 0 aromatic heterocycles. The van der Waals surface area contributed by atoms with E-state index in [1.807, 2.05) is 31.2 Å². The second kappa shape index (κ2) is 7.68. The molecule has 4 nitrogen and oxygen atoms in total. The number of carboxylic acid groups (broad SMARTS) is 1. The second-order valence-corrected chi connectivity index (χ2v) is 7.12. The number of amides is 1. The van der Waals surface area contributed by atoms with Gasteiger partial charge in [-0.15, -0.1) is 11.8 Å². The first-order valence-electron chi connectivity index (χ1n) is 7.75. The fraction of sp³-hybridized carbons (Fsp3) is 0.529. The molecule has 120 valence electrons. The minimum absolute atomic E-state index is 0.0434. The van der Waals surface area contributed by atoms with Gasteiger partial charge in [0.2, 0.25) is 5.91 Å². The number of benzene rings is 1. The highest BCUT2D eigenvalue weighted by Gasteiger charge is 2.33. The van der Waals surface area contributed by atoms with Crippen LogP contribution >= 0.6 is 11.8 Å². The van der Waals surface area contributed by atoms with E-state index in [0.717, 1.165) is 29.7 Å². The molecule has 22 heavy (non-hydrogen) atoms. The zero-order valence-corrected chi connectivity index (χ0v) is 13.9. The Hall–Kier alpha value is -1.49. The Morgan fingerprint density at radius 3 is 2.82 bits per heavy atom. The van der Waals surface area contributed by atoms with E-state index in [2.05, 4.69) is 6.92 Å². The lowest BCUT2D eigenvalue weighted by Crippen LogP contribution is -2.43. The van der Waals surface area contributed by atoms with Gasteiger partial charge < -0.3 is 10.0 Å². The molecule has 0 fully saturated rings. The molecule has 0 saturated carbocycles. The molecule has 1 aliphatic heterocycles. The topological polar surface area (TPSA) is 57.6 Å². The molecule has 1 aromatic rings. The Morgan fingerprint density at radius 2 is 2.14 bits per heavy atom. The van der Waals surface area contributed by atoms with Crippen LogP contribution in [-0.2, 0) is 16.1 Å². The van der Waals surface area contributed by atoms with Crippen LogP contribution in [0, 0.1) is 0 Å². The van der Waals surface area contributed by atoms with Crippen LogP contribution in [0.4, 0.5) is 0 Å². The number of hydrogen-bond donors (Lipinski definition) is 1. The van der Waals surface area contributed by atoms with Crippen LogP contribution in [0.15, 0.2) is 24.3 Å². The number of rotatable bonds is 6. The van der Waals surface area contributed by atoms with E-state index in [1.54, 1.807) is 16.7 Å². The molecule has 2 rings (SSSR count). The Balaban J connectivity index is 2.10. The van der Waals surface area contributed by atoms with Crippen molar-refractivity contribution in [3.63, 3.8) is 0 Å². The van der Waals surface area contributed by atoms with Crippen molar-refractivity contribution in [3.8, 4) is 0 Å². The highest BCUT2D eigenvalue weighted by atomic mass is 32.2. The number of aliphatic carboxylic acids is 1. The number of carbonyl (C=O) groups excluding carboxylic acids is 1. The Morgan fingerprint density at radius 1 is 1.41 bits per heavy atom. The van der Waals surface area contributed by atoms with Crippen molar-refractivity contribution < 1.29 is 14.7 Å². The maximum atomic E-state index is 12.6. The molecule has 1 heterocycles. The van der Waals surface area contributed by atoms with Crippen molar-refractivity contribution in [3.05, 3.63) is 35.4 Å². The average molecular weight is 321 g/mol. The van der Waals surface area contributed by atoms with Gasteiger partial charge in [-0.1, -0.05) is 37.6 Å². The third-order valence-electron chi connectivity index (χ3n) is 4.02. The van der Waals surface area contributed by atoms with Gasteiger partial charge in [-0.25, -0.2) is 0 Å². The molecule has 2 atom stereocenters. The van der Waals surface area contributed by atoms with Crippen LogP contribution in [0.25, 0.3) is 0 Å². The number of carbonyl (C=O) groups is 2. The predicted octanol–water partition coefficient (Wildman–Crippen LogP) is 3.12. The van der Waals surface area contributed by atoms with E-state index in [9.17, 15) is 14.7 Å². The van der Waals surface area contributed by atoms with Gasteiger partial charge in [-0.2, -0.15) is 0 Å². The minimum atomic E-state index is -0.865. The smallest absolute Gasteiger partial charge is 0.312 e. The van der Waals surface area contributed by atoms with E-state index >= 15 is 0 Å². The largest absolute Gasteiger partial charge is 0.481 e. The monoisotopic (exact) mass is 321 g/mol. The van der Waals surface area contributed by atoms with Gasteiger partial charge in [-0.3, -0.25) is 9.59 Å². The summed E-state index contributed by atoms with van der Waals surface area (Å²) in [5, 5.41) is 9.33. The molecular formula is C17H23NO3S. The third kappa shape index (κ3) is 3.83. The van der Waals surface area contributed by atoms with Crippen molar-refractivity contribution in [2.45, 2.75) is 44.4 Å². The first-order valence-corrected chi connectivity index (χ1v) is 8.80. The average Bonchev–Trinajstić information content (AvgIpc) is 2.53. The summed E-state index contributed by atoms with van der Waals surface area (Å²) in [5.41, 5.74) is 1.78. The predicted molar refractivity (Wildman–Crippen MR) is 89.1 cm³/mol. The van der Waals surface area contributed by atoms with Crippen molar-refractivity contribution in [1.82, 2.24) is 4.90 Å². The molecule has 0 radical (unpaired) electrons. The van der Waals surface area contributed by atoms with Crippen LogP contribution in [-0.4, -0.2) is 39.4 Å². The van der Waals surface area contributed by atoms with Gasteiger partial charge in [0.1, 0.15) is 0 Å². The van der Waals surface area contributed by atoms with E-state index in [4.69, 9.17) is 0 Å². The summed E-state index contributed by atoms with van der Waals surface area (Å²) in [4.78, 5) is 25.8. The summed E-state index contributed by atoms with van der Waals surface area (Å²) in [6, 6.07) is 7.52. The highest BCUT2D eigenvalue weighted by Crippen LogP contribution is 2.30. The fourth-order valence-electron chi connectivity index (χ4n) is 2.72. The Labute approximate surface area is 135 Å². The summed E-state index contributed by atoms with van der Waals surface area (Å²) >= 11 is 1.66. The standard InChI is InChI=1S/C17H23NO3S/c1-3-4-9-22-12(2)16(19)18-10-13-7-5-6-8-14(13)15(11-18)17(20)21/h5-8,12,15H,3-4,9-11H2,1-2H3,(H,20,21). The maximum Gasteiger partial charge on any atom is 0.312 e. The Kier molecular flexibility index (Phi) is 5.89. The van der Waals surface area contributed by atoms with Gasteiger partial charge in [-0.05, 0) is 30.2 Å². The molecule has 0 aliphatic carbocycles. The van der Waals surface area contributed by atoms with Crippen molar-refractivity contribution in [2.75, 3.05) is 12.3 Å². The van der Waals surface area contributed by atoms with Crippen LogP contribution in [0.2, 0.25) is 0 Å². The van der Waals surface area contributed by atoms with Crippen LogP contribution in [0.5, 0.6) is 0 Å². The number of unbranched alkanes of at least 4 members (excludes halogenated alkanes) is 1. The van der Waals surface area contributed by atoms with Gasteiger partial charge in [0.05, 0.1) is 11.2 Å². The van der Waals surface area contributed by atoms with Crippen LogP contribution < -0.4 is 0 Å². The number of thioether (sulfide) groups is 1. The summed E-state index contributed by atoms with van der Waals surface area (Å²) < 4.78 is 0. The summed E-state index contributed by atoms with van der Waals surface area (Å²) in [6.07, 6.45) is 2.22. The lowest BCUT2D eigenvalue weighted by molar-refractivity contribution is -0.141. The second-order valence-electron chi connectivity index (χ2n) is 5.67. The molecule has 1 amide bonds. The van der Waals surface area contributed by atoms with Gasteiger partial charge in [0.25, 0.3) is 0 Å². The van der Waals surface area contributed by atoms with Gasteiger partial charge >= 0.3 is 5.97 Å². The number of hydrogen-bond acceptors (Lipinski definition) is 3. The lowest BCUT2D eigenvalue weighted by Gasteiger charge is -2.34. The molecule has 1 N–H and O–H groups in total. The molecule has 5 heteroatoms. The highest BCUT2D eigenvalue weighted by molar-refractivity contribution is 8.00. The number of nitrogens with zero attached hydrogens (tertiary/aromatic N) is 1. The van der Waals surface area contributed by atoms with Crippen molar-refractivity contribution >= 4 is 23.6 Å². The number of fused-ring (bicyclic) bond motifs is 1. The lowest BCUT2D eigenvalue weighted by atomic mass is 9.89. The van der Waals surface area contributed by atoms with E-state index in [0.29, 0.717) is 6.54 Å². The molecule has 0 bridgehead atoms. The van der Waals surface area contributed by atoms with Gasteiger partial charge in [0.15, 0.2) is 0 Å². The quantitative estimate of drug-likeness (QED) is 0.818. The van der Waals surface area contributed by atoms with Crippen molar-refractivity contribution in [2.24, 2.45) is 0 Å². The molecule has 2 unspecified atom stereocenters. The summed E-state index contributed by atoms with van der Waals surface area (Å²) in [5.74, 6) is -0.476. The van der Waals surface area contributed by atoms with E-state index in [-0.39, 0.29) is 17.7 Å². The molecule has 0 saturated heterocycles.